The molecule has 0 aromatic heterocycles. The molecule has 0 fully saturated rings. The summed E-state index contributed by atoms with van der Waals surface area (Å²) in [5, 5.41) is 3.53. The van der Waals surface area contributed by atoms with Crippen LogP contribution in [0, 0.1) is 0 Å². The summed E-state index contributed by atoms with van der Waals surface area (Å²) in [4.78, 5) is 1.30. The maximum Gasteiger partial charge on any atom is 0.422 e. The van der Waals surface area contributed by atoms with E-state index in [1.165, 1.54) is 23.6 Å². The first-order chi connectivity index (χ1) is 12.5. The Morgan fingerprint density at radius 3 is 2.73 bits per heavy atom. The largest absolute Gasteiger partial charge is 0.493 e. The number of benzene rings is 2. The molecular weight excluding hydrogens is 363 g/mol. The molecule has 1 aliphatic heterocycles. The van der Waals surface area contributed by atoms with Gasteiger partial charge in [0.1, 0.15) is 0 Å². The van der Waals surface area contributed by atoms with E-state index in [0.29, 0.717) is 12.3 Å². The first-order valence-electron chi connectivity index (χ1n) is 8.28. The third-order valence-electron chi connectivity index (χ3n) is 4.13. The van der Waals surface area contributed by atoms with Crippen LogP contribution >= 0.6 is 11.8 Å². The van der Waals surface area contributed by atoms with Crippen molar-refractivity contribution in [2.75, 3.05) is 19.5 Å². The molecule has 1 unspecified atom stereocenters. The molecule has 0 radical (unpaired) electrons. The van der Waals surface area contributed by atoms with Gasteiger partial charge < -0.3 is 14.8 Å². The van der Waals surface area contributed by atoms with Crippen LogP contribution in [0.1, 0.15) is 23.6 Å². The summed E-state index contributed by atoms with van der Waals surface area (Å²) in [6.45, 7) is -0.739. The summed E-state index contributed by atoms with van der Waals surface area (Å²) in [5.41, 5.74) is 2.22. The van der Waals surface area contributed by atoms with Crippen LogP contribution in [0.4, 0.5) is 13.2 Å². The van der Waals surface area contributed by atoms with Crippen LogP contribution in [0.2, 0.25) is 0 Å². The van der Waals surface area contributed by atoms with E-state index in [1.54, 1.807) is 12.1 Å². The van der Waals surface area contributed by atoms with Crippen molar-refractivity contribution in [3.8, 4) is 11.5 Å². The van der Waals surface area contributed by atoms with Gasteiger partial charge in [-0.05, 0) is 41.5 Å². The lowest BCUT2D eigenvalue weighted by molar-refractivity contribution is -0.153. The van der Waals surface area contributed by atoms with Gasteiger partial charge in [0.15, 0.2) is 18.1 Å². The zero-order valence-electron chi connectivity index (χ0n) is 14.3. The van der Waals surface area contributed by atoms with E-state index >= 15 is 0 Å². The Morgan fingerprint density at radius 1 is 1.15 bits per heavy atom. The summed E-state index contributed by atoms with van der Waals surface area (Å²) >= 11 is 1.86. The average Bonchev–Trinajstić information content (AvgIpc) is 2.64. The highest BCUT2D eigenvalue weighted by molar-refractivity contribution is 7.99. The van der Waals surface area contributed by atoms with Gasteiger partial charge in [-0.2, -0.15) is 13.2 Å². The molecule has 1 heterocycles. The highest BCUT2D eigenvalue weighted by Crippen LogP contribution is 2.36. The fourth-order valence-corrected chi connectivity index (χ4v) is 4.02. The first kappa shape index (κ1) is 18.9. The van der Waals surface area contributed by atoms with Gasteiger partial charge in [-0.3, -0.25) is 0 Å². The van der Waals surface area contributed by atoms with Crippen LogP contribution in [0.5, 0.6) is 11.5 Å². The number of hydrogen-bond donors (Lipinski definition) is 1. The summed E-state index contributed by atoms with van der Waals surface area (Å²) in [7, 11) is 1.42. The van der Waals surface area contributed by atoms with E-state index in [9.17, 15) is 13.2 Å². The Hall–Kier alpha value is -1.86. The summed E-state index contributed by atoms with van der Waals surface area (Å²) in [6, 6.07) is 13.6. The highest BCUT2D eigenvalue weighted by Gasteiger charge is 2.29. The number of halogens is 3. The predicted molar refractivity (Wildman–Crippen MR) is 95.9 cm³/mol. The van der Waals surface area contributed by atoms with Gasteiger partial charge >= 0.3 is 6.18 Å². The Bertz CT molecular complexity index is 752. The lowest BCUT2D eigenvalue weighted by Gasteiger charge is -2.26. The standard InChI is InChI=1S/C19H20F3NO2S/c1-24-17-10-13(6-7-16(17)25-12-19(20,21)22)11-23-15-8-9-26-18-5-3-2-4-14(15)18/h2-7,10,15,23H,8-9,11-12H2,1H3. The number of thioether (sulfide) groups is 1. The van der Waals surface area contributed by atoms with Gasteiger partial charge in [0, 0.05) is 17.5 Å². The normalized spacial score (nSPS) is 16.8. The molecule has 0 aliphatic carbocycles. The van der Waals surface area contributed by atoms with Gasteiger partial charge in [-0.25, -0.2) is 0 Å². The monoisotopic (exact) mass is 383 g/mol. The molecule has 0 bridgehead atoms. The topological polar surface area (TPSA) is 30.5 Å². The van der Waals surface area contributed by atoms with Crippen LogP contribution in [-0.2, 0) is 6.54 Å². The van der Waals surface area contributed by atoms with E-state index < -0.39 is 12.8 Å². The number of alkyl halides is 3. The second-order valence-corrected chi connectivity index (χ2v) is 7.13. The number of fused-ring (bicyclic) bond motifs is 1. The second kappa shape index (κ2) is 8.22. The SMILES string of the molecule is COc1cc(CNC2CCSc3ccccc32)ccc1OCC(F)(F)F. The molecule has 2 aromatic carbocycles. The van der Waals surface area contributed by atoms with E-state index in [-0.39, 0.29) is 11.8 Å². The van der Waals surface area contributed by atoms with E-state index in [1.807, 2.05) is 23.9 Å². The maximum absolute atomic E-state index is 12.3. The van der Waals surface area contributed by atoms with Gasteiger partial charge in [0.05, 0.1) is 7.11 Å². The van der Waals surface area contributed by atoms with Crippen LogP contribution in [0.15, 0.2) is 47.4 Å². The van der Waals surface area contributed by atoms with E-state index in [2.05, 4.69) is 17.4 Å². The smallest absolute Gasteiger partial charge is 0.422 e. The molecule has 0 amide bonds. The summed E-state index contributed by atoms with van der Waals surface area (Å²) in [6.07, 6.45) is -3.34. The number of ether oxygens (including phenoxy) is 2. The Morgan fingerprint density at radius 2 is 1.96 bits per heavy atom. The quantitative estimate of drug-likeness (QED) is 0.764. The van der Waals surface area contributed by atoms with Crippen molar-refractivity contribution in [1.82, 2.24) is 5.32 Å². The molecule has 0 saturated carbocycles. The van der Waals surface area contributed by atoms with E-state index in [0.717, 1.165) is 17.7 Å². The minimum atomic E-state index is -4.38. The van der Waals surface area contributed by atoms with Gasteiger partial charge in [-0.1, -0.05) is 24.3 Å². The minimum absolute atomic E-state index is 0.0907. The molecule has 3 rings (SSSR count). The molecule has 1 N–H and O–H groups in total. The van der Waals surface area contributed by atoms with Crippen molar-refractivity contribution < 1.29 is 22.6 Å². The Balaban J connectivity index is 1.66. The molecule has 1 atom stereocenters. The average molecular weight is 383 g/mol. The van der Waals surface area contributed by atoms with Crippen LogP contribution < -0.4 is 14.8 Å². The zero-order valence-corrected chi connectivity index (χ0v) is 15.1. The first-order valence-corrected chi connectivity index (χ1v) is 9.26. The summed E-state index contributed by atoms with van der Waals surface area (Å²) < 4.78 is 47.0. The van der Waals surface area contributed by atoms with Gasteiger partial charge in [0.2, 0.25) is 0 Å². The fraction of sp³-hybridized carbons (Fsp3) is 0.368. The number of rotatable bonds is 6. The van der Waals surface area contributed by atoms with Crippen molar-refractivity contribution in [1.29, 1.82) is 0 Å². The Labute approximate surface area is 154 Å². The molecule has 0 spiro atoms. The van der Waals surface area contributed by atoms with Crippen LogP contribution in [0.25, 0.3) is 0 Å². The fourth-order valence-electron chi connectivity index (χ4n) is 2.90. The molecular formula is C19H20F3NO2S. The molecule has 3 nitrogen and oxygen atoms in total. The van der Waals surface area contributed by atoms with Crippen LogP contribution in [0.3, 0.4) is 0 Å². The third-order valence-corrected chi connectivity index (χ3v) is 5.25. The zero-order chi connectivity index (χ0) is 18.6. The molecule has 7 heteroatoms. The van der Waals surface area contributed by atoms with Gasteiger partial charge in [-0.15, -0.1) is 11.8 Å². The minimum Gasteiger partial charge on any atom is -0.493 e. The third kappa shape index (κ3) is 4.86. The molecule has 2 aromatic rings. The maximum atomic E-state index is 12.3. The Kier molecular flexibility index (Phi) is 5.98. The lowest BCUT2D eigenvalue weighted by Crippen LogP contribution is -2.24. The molecule has 26 heavy (non-hydrogen) atoms. The van der Waals surface area contributed by atoms with Crippen LogP contribution in [-0.4, -0.2) is 25.6 Å². The van der Waals surface area contributed by atoms with E-state index in [4.69, 9.17) is 9.47 Å². The highest BCUT2D eigenvalue weighted by atomic mass is 32.2. The van der Waals surface area contributed by atoms with Gasteiger partial charge in [0.25, 0.3) is 0 Å². The second-order valence-electron chi connectivity index (χ2n) is 6.00. The van der Waals surface area contributed by atoms with Crippen molar-refractivity contribution in [2.45, 2.75) is 30.1 Å². The molecule has 1 aliphatic rings. The lowest BCUT2D eigenvalue weighted by atomic mass is 10.0. The van der Waals surface area contributed by atoms with Crippen molar-refractivity contribution in [3.63, 3.8) is 0 Å². The summed E-state index contributed by atoms with van der Waals surface area (Å²) in [5.74, 6) is 1.45. The van der Waals surface area contributed by atoms with Crippen molar-refractivity contribution in [2.24, 2.45) is 0 Å². The number of methoxy groups -OCH3 is 1. The van der Waals surface area contributed by atoms with Crippen molar-refractivity contribution >= 4 is 11.8 Å². The van der Waals surface area contributed by atoms with Crippen molar-refractivity contribution in [3.05, 3.63) is 53.6 Å². The number of hydrogen-bond acceptors (Lipinski definition) is 4. The molecule has 0 saturated heterocycles. The molecule has 140 valence electrons. The number of nitrogens with one attached hydrogen (secondary N) is 1. The predicted octanol–water partition coefficient (Wildman–Crippen LogP) is 4.96.